The molecule has 0 spiro atoms. The summed E-state index contributed by atoms with van der Waals surface area (Å²) in [5.41, 5.74) is 5.12. The third-order valence-electron chi connectivity index (χ3n) is 1.89. The smallest absolute Gasteiger partial charge is 0.264 e. The number of nitrogens with two attached hydrogens (primary N) is 1. The minimum Gasteiger partial charge on any atom is -0.481 e. The quantitative estimate of drug-likeness (QED) is 0.868. The van der Waals surface area contributed by atoms with Crippen LogP contribution in [0.4, 0.5) is 8.78 Å². The number of rotatable bonds is 4. The molecule has 3 nitrogen and oxygen atoms in total. The van der Waals surface area contributed by atoms with Crippen molar-refractivity contribution in [2.45, 2.75) is 12.3 Å². The van der Waals surface area contributed by atoms with E-state index in [2.05, 4.69) is 4.98 Å². The third kappa shape index (κ3) is 3.00. The Balaban J connectivity index is 3.02. The zero-order valence-electron chi connectivity index (χ0n) is 8.14. The van der Waals surface area contributed by atoms with Gasteiger partial charge in [-0.25, -0.2) is 13.8 Å². The van der Waals surface area contributed by atoms with Gasteiger partial charge in [0, 0.05) is 18.2 Å². The van der Waals surface area contributed by atoms with Gasteiger partial charge in [0.1, 0.15) is 0 Å². The Morgan fingerprint density at radius 1 is 1.60 bits per heavy atom. The van der Waals surface area contributed by atoms with E-state index in [4.69, 9.17) is 22.1 Å². The van der Waals surface area contributed by atoms with Crippen LogP contribution in [0.15, 0.2) is 12.3 Å². The summed E-state index contributed by atoms with van der Waals surface area (Å²) in [6, 6.07) is 1.44. The predicted molar refractivity (Wildman–Crippen MR) is 53.5 cm³/mol. The summed E-state index contributed by atoms with van der Waals surface area (Å²) in [5.74, 6) is -2.89. The molecule has 2 N–H and O–H groups in total. The highest BCUT2D eigenvalue weighted by Gasteiger charge is 2.30. The molecule has 6 heteroatoms. The third-order valence-corrected chi connectivity index (χ3v) is 2.24. The van der Waals surface area contributed by atoms with Crippen molar-refractivity contribution in [2.75, 3.05) is 13.7 Å². The van der Waals surface area contributed by atoms with E-state index in [1.165, 1.54) is 19.4 Å². The molecule has 0 aliphatic rings. The standard InChI is InChI=1S/C9H11ClF2N2O/c1-15-8-6(4-9(11,12)5-13)7(10)2-3-14-8/h2-3H,4-5,13H2,1H3. The van der Waals surface area contributed by atoms with Gasteiger partial charge in [-0.05, 0) is 6.07 Å². The first-order chi connectivity index (χ1) is 7.00. The van der Waals surface area contributed by atoms with Crippen molar-refractivity contribution in [3.8, 4) is 5.88 Å². The fourth-order valence-corrected chi connectivity index (χ4v) is 1.32. The Kier molecular flexibility index (Phi) is 3.82. The molecular weight excluding hydrogens is 226 g/mol. The van der Waals surface area contributed by atoms with Gasteiger partial charge in [-0.2, -0.15) is 0 Å². The zero-order valence-corrected chi connectivity index (χ0v) is 8.89. The summed E-state index contributed by atoms with van der Waals surface area (Å²) in [4.78, 5) is 3.80. The van der Waals surface area contributed by atoms with Gasteiger partial charge in [-0.1, -0.05) is 11.6 Å². The van der Waals surface area contributed by atoms with Gasteiger partial charge in [0.15, 0.2) is 0 Å². The average molecular weight is 237 g/mol. The van der Waals surface area contributed by atoms with E-state index in [9.17, 15) is 8.78 Å². The number of methoxy groups -OCH3 is 1. The fraction of sp³-hybridized carbons (Fsp3) is 0.444. The van der Waals surface area contributed by atoms with E-state index < -0.39 is 18.9 Å². The number of hydrogen-bond acceptors (Lipinski definition) is 3. The van der Waals surface area contributed by atoms with Crippen LogP contribution in [0, 0.1) is 0 Å². The maximum Gasteiger partial charge on any atom is 0.264 e. The SMILES string of the molecule is COc1nccc(Cl)c1CC(F)(F)CN. The molecule has 0 fully saturated rings. The minimum absolute atomic E-state index is 0.107. The second-order valence-electron chi connectivity index (χ2n) is 3.02. The van der Waals surface area contributed by atoms with Crippen LogP contribution in [-0.2, 0) is 6.42 Å². The van der Waals surface area contributed by atoms with Crippen LogP contribution in [0.2, 0.25) is 5.02 Å². The second-order valence-corrected chi connectivity index (χ2v) is 3.42. The van der Waals surface area contributed by atoms with Gasteiger partial charge in [0.05, 0.1) is 18.7 Å². The van der Waals surface area contributed by atoms with E-state index in [0.717, 1.165) is 0 Å². The maximum atomic E-state index is 13.1. The van der Waals surface area contributed by atoms with Gasteiger partial charge in [0.2, 0.25) is 5.88 Å². The van der Waals surface area contributed by atoms with Gasteiger partial charge >= 0.3 is 0 Å². The first kappa shape index (κ1) is 12.1. The molecule has 0 aromatic carbocycles. The summed E-state index contributed by atoms with van der Waals surface area (Å²) in [6.07, 6.45) is 0.824. The molecule has 0 saturated heterocycles. The van der Waals surface area contributed by atoms with Gasteiger partial charge in [0.25, 0.3) is 5.92 Å². The number of hydrogen-bond donors (Lipinski definition) is 1. The highest BCUT2D eigenvalue weighted by Crippen LogP contribution is 2.29. The lowest BCUT2D eigenvalue weighted by Crippen LogP contribution is -2.30. The molecule has 0 unspecified atom stereocenters. The molecule has 0 saturated carbocycles. The van der Waals surface area contributed by atoms with E-state index >= 15 is 0 Å². The monoisotopic (exact) mass is 236 g/mol. The van der Waals surface area contributed by atoms with E-state index in [-0.39, 0.29) is 16.5 Å². The molecule has 1 aromatic heterocycles. The van der Waals surface area contributed by atoms with Crippen LogP contribution in [0.25, 0.3) is 0 Å². The molecule has 1 rings (SSSR count). The van der Waals surface area contributed by atoms with Crippen LogP contribution >= 0.6 is 11.6 Å². The Labute approximate surface area is 91.2 Å². The Bertz CT molecular complexity index is 347. The molecule has 0 bridgehead atoms. The maximum absolute atomic E-state index is 13.1. The van der Waals surface area contributed by atoms with Crippen LogP contribution < -0.4 is 10.5 Å². The van der Waals surface area contributed by atoms with Crippen molar-refractivity contribution in [3.63, 3.8) is 0 Å². The predicted octanol–water partition coefficient (Wildman–Crippen LogP) is 1.88. The van der Waals surface area contributed by atoms with Gasteiger partial charge < -0.3 is 10.5 Å². The molecular formula is C9H11ClF2N2O. The van der Waals surface area contributed by atoms with Crippen molar-refractivity contribution >= 4 is 11.6 Å². The molecule has 84 valence electrons. The lowest BCUT2D eigenvalue weighted by Gasteiger charge is -2.16. The van der Waals surface area contributed by atoms with Crippen molar-refractivity contribution in [1.82, 2.24) is 4.98 Å². The van der Waals surface area contributed by atoms with Crippen molar-refractivity contribution < 1.29 is 13.5 Å². The molecule has 0 atom stereocenters. The summed E-state index contributed by atoms with van der Waals surface area (Å²) in [7, 11) is 1.35. The Morgan fingerprint density at radius 2 is 2.27 bits per heavy atom. The van der Waals surface area contributed by atoms with E-state index in [1.807, 2.05) is 0 Å². The number of aromatic nitrogens is 1. The first-order valence-corrected chi connectivity index (χ1v) is 4.63. The summed E-state index contributed by atoms with van der Waals surface area (Å²) >= 11 is 5.78. The summed E-state index contributed by atoms with van der Waals surface area (Å²) < 4.78 is 31.0. The van der Waals surface area contributed by atoms with Gasteiger partial charge in [-0.3, -0.25) is 0 Å². The summed E-state index contributed by atoms with van der Waals surface area (Å²) in [6.45, 7) is -0.735. The van der Waals surface area contributed by atoms with E-state index in [1.54, 1.807) is 0 Å². The van der Waals surface area contributed by atoms with Crippen LogP contribution in [0.3, 0.4) is 0 Å². The largest absolute Gasteiger partial charge is 0.481 e. The molecule has 0 aliphatic heterocycles. The van der Waals surface area contributed by atoms with E-state index in [0.29, 0.717) is 0 Å². The zero-order chi connectivity index (χ0) is 11.5. The number of nitrogens with zero attached hydrogens (tertiary/aromatic N) is 1. The van der Waals surface area contributed by atoms with Crippen LogP contribution in [0.5, 0.6) is 5.88 Å². The number of alkyl halides is 2. The molecule has 0 aliphatic carbocycles. The Morgan fingerprint density at radius 3 is 2.80 bits per heavy atom. The van der Waals surface area contributed by atoms with Crippen LogP contribution in [0.1, 0.15) is 5.56 Å². The lowest BCUT2D eigenvalue weighted by molar-refractivity contribution is 0.0108. The fourth-order valence-electron chi connectivity index (χ4n) is 1.12. The molecule has 0 radical (unpaired) electrons. The van der Waals surface area contributed by atoms with Crippen molar-refractivity contribution in [2.24, 2.45) is 5.73 Å². The first-order valence-electron chi connectivity index (χ1n) is 4.25. The highest BCUT2D eigenvalue weighted by atomic mass is 35.5. The number of pyridine rings is 1. The number of ether oxygens (including phenoxy) is 1. The lowest BCUT2D eigenvalue weighted by atomic mass is 10.1. The van der Waals surface area contributed by atoms with Gasteiger partial charge in [-0.15, -0.1) is 0 Å². The minimum atomic E-state index is -3.00. The number of halogens is 3. The normalized spacial score (nSPS) is 11.5. The van der Waals surface area contributed by atoms with Crippen molar-refractivity contribution in [1.29, 1.82) is 0 Å². The average Bonchev–Trinajstić information content (AvgIpc) is 2.21. The van der Waals surface area contributed by atoms with Crippen molar-refractivity contribution in [3.05, 3.63) is 22.8 Å². The molecule has 0 amide bonds. The molecule has 15 heavy (non-hydrogen) atoms. The molecule has 1 heterocycles. The highest BCUT2D eigenvalue weighted by molar-refractivity contribution is 6.31. The second kappa shape index (κ2) is 4.72. The Hall–Kier alpha value is -0.940. The molecule has 1 aromatic rings. The summed E-state index contributed by atoms with van der Waals surface area (Å²) in [5, 5.41) is 0.204. The van der Waals surface area contributed by atoms with Crippen LogP contribution in [-0.4, -0.2) is 24.6 Å². The topological polar surface area (TPSA) is 48.1 Å².